The van der Waals surface area contributed by atoms with Crippen molar-refractivity contribution in [1.82, 2.24) is 0 Å². The number of rotatable bonds is 3. The minimum Gasteiger partial charge on any atom is -0.308 e. The van der Waals surface area contributed by atoms with Gasteiger partial charge < -0.3 is 10.6 Å². The van der Waals surface area contributed by atoms with Gasteiger partial charge in [-0.15, -0.1) is 0 Å². The normalized spacial score (nSPS) is 11.1. The summed E-state index contributed by atoms with van der Waals surface area (Å²) in [4.78, 5) is 11.5. The number of nitrogens with one attached hydrogen (secondary N) is 2. The van der Waals surface area contributed by atoms with Gasteiger partial charge in [0, 0.05) is 5.69 Å². The number of carbonyl (C=O) groups is 1. The molecule has 0 aromatic heterocycles. The monoisotopic (exact) mass is 345 g/mol. The van der Waals surface area contributed by atoms with Crippen LogP contribution in [0.25, 0.3) is 0 Å². The first-order valence-corrected chi connectivity index (χ1v) is 7.57. The molecule has 122 valence electrons. The van der Waals surface area contributed by atoms with Crippen LogP contribution in [-0.2, 0) is 10.0 Å². The van der Waals surface area contributed by atoms with Crippen LogP contribution in [0.4, 0.5) is 29.3 Å². The summed E-state index contributed by atoms with van der Waals surface area (Å²) in [6.07, 6.45) is 0. The van der Waals surface area contributed by atoms with E-state index in [0.29, 0.717) is 6.07 Å². The lowest BCUT2D eigenvalue weighted by atomic mass is 10.3. The summed E-state index contributed by atoms with van der Waals surface area (Å²) >= 11 is 0. The fourth-order valence-electron chi connectivity index (χ4n) is 1.64. The van der Waals surface area contributed by atoms with Gasteiger partial charge in [-0.05, 0) is 36.4 Å². The van der Waals surface area contributed by atoms with Gasteiger partial charge >= 0.3 is 6.03 Å². The van der Waals surface area contributed by atoms with Crippen molar-refractivity contribution in [2.75, 3.05) is 10.6 Å². The van der Waals surface area contributed by atoms with E-state index < -0.39 is 39.2 Å². The summed E-state index contributed by atoms with van der Waals surface area (Å²) < 4.78 is 61.4. The van der Waals surface area contributed by atoms with E-state index in [4.69, 9.17) is 5.14 Å². The first-order chi connectivity index (χ1) is 10.7. The van der Waals surface area contributed by atoms with E-state index >= 15 is 0 Å². The van der Waals surface area contributed by atoms with Gasteiger partial charge in [-0.3, -0.25) is 0 Å². The Kier molecular flexibility index (Phi) is 4.57. The maximum atomic E-state index is 13.4. The van der Waals surface area contributed by atoms with Gasteiger partial charge in [0.1, 0.15) is 0 Å². The van der Waals surface area contributed by atoms with E-state index in [1.165, 1.54) is 12.1 Å². The van der Waals surface area contributed by atoms with Gasteiger partial charge in [-0.1, -0.05) is 0 Å². The first-order valence-electron chi connectivity index (χ1n) is 6.03. The van der Waals surface area contributed by atoms with Gasteiger partial charge in [-0.25, -0.2) is 31.5 Å². The van der Waals surface area contributed by atoms with Gasteiger partial charge in [0.05, 0.1) is 10.6 Å². The zero-order valence-electron chi connectivity index (χ0n) is 11.3. The zero-order valence-corrected chi connectivity index (χ0v) is 12.1. The minimum atomic E-state index is -3.87. The molecule has 4 N–H and O–H groups in total. The molecule has 0 radical (unpaired) electrons. The zero-order chi connectivity index (χ0) is 17.2. The van der Waals surface area contributed by atoms with E-state index in [1.54, 1.807) is 0 Å². The van der Waals surface area contributed by atoms with Crippen molar-refractivity contribution in [3.63, 3.8) is 0 Å². The fraction of sp³-hybridized carbons (Fsp3) is 0. The van der Waals surface area contributed by atoms with Crippen LogP contribution in [0.2, 0.25) is 0 Å². The number of urea groups is 1. The predicted octanol–water partition coefficient (Wildman–Crippen LogP) is 2.40. The Hall–Kier alpha value is -2.59. The van der Waals surface area contributed by atoms with Crippen molar-refractivity contribution in [2.45, 2.75) is 4.90 Å². The molecule has 0 fully saturated rings. The number of anilines is 2. The molecule has 0 heterocycles. The second-order valence-corrected chi connectivity index (χ2v) is 5.93. The molecule has 2 aromatic rings. The number of hydrogen-bond acceptors (Lipinski definition) is 3. The SMILES string of the molecule is NS(=O)(=O)c1ccc(NC(=O)Nc2ccc(F)c(F)c2F)cc1. The molecule has 2 aromatic carbocycles. The number of sulfonamides is 1. The van der Waals surface area contributed by atoms with Crippen LogP contribution in [0.3, 0.4) is 0 Å². The maximum absolute atomic E-state index is 13.4. The molecule has 0 atom stereocenters. The smallest absolute Gasteiger partial charge is 0.308 e. The molecule has 0 spiro atoms. The third kappa shape index (κ3) is 3.99. The second-order valence-electron chi connectivity index (χ2n) is 4.37. The van der Waals surface area contributed by atoms with Crippen LogP contribution in [-0.4, -0.2) is 14.4 Å². The molecule has 2 amide bonds. The van der Waals surface area contributed by atoms with Crippen LogP contribution in [0, 0.1) is 17.5 Å². The second kappa shape index (κ2) is 6.26. The lowest BCUT2D eigenvalue weighted by molar-refractivity contribution is 0.262. The molecule has 0 bridgehead atoms. The summed E-state index contributed by atoms with van der Waals surface area (Å²) in [5, 5.41) is 9.18. The number of carbonyl (C=O) groups excluding carboxylic acids is 1. The summed E-state index contributed by atoms with van der Waals surface area (Å²) in [7, 11) is -3.87. The number of hydrogen-bond donors (Lipinski definition) is 3. The van der Waals surface area contributed by atoms with Crippen LogP contribution in [0.15, 0.2) is 41.3 Å². The topological polar surface area (TPSA) is 101 Å². The highest BCUT2D eigenvalue weighted by molar-refractivity contribution is 7.89. The number of amides is 2. The Morgan fingerprint density at radius 1 is 0.913 bits per heavy atom. The molecule has 0 aliphatic carbocycles. The van der Waals surface area contributed by atoms with Crippen molar-refractivity contribution < 1.29 is 26.4 Å². The van der Waals surface area contributed by atoms with E-state index in [1.807, 2.05) is 5.32 Å². The Morgan fingerprint density at radius 3 is 2.09 bits per heavy atom. The van der Waals surface area contributed by atoms with Gasteiger partial charge in [0.2, 0.25) is 10.0 Å². The Bertz CT molecular complexity index is 855. The van der Waals surface area contributed by atoms with Crippen molar-refractivity contribution in [2.24, 2.45) is 5.14 Å². The van der Waals surface area contributed by atoms with Gasteiger partial charge in [-0.2, -0.15) is 0 Å². The number of benzene rings is 2. The van der Waals surface area contributed by atoms with Crippen LogP contribution >= 0.6 is 0 Å². The molecule has 0 aliphatic rings. The van der Waals surface area contributed by atoms with Crippen molar-refractivity contribution in [3.05, 3.63) is 53.8 Å². The average Bonchev–Trinajstić information content (AvgIpc) is 2.47. The summed E-state index contributed by atoms with van der Waals surface area (Å²) in [5.41, 5.74) is -0.375. The van der Waals surface area contributed by atoms with Crippen molar-refractivity contribution in [3.8, 4) is 0 Å². The molecular formula is C13H10F3N3O3S. The first kappa shape index (κ1) is 16.8. The summed E-state index contributed by atoms with van der Waals surface area (Å²) in [5.74, 6) is -4.63. The van der Waals surface area contributed by atoms with Crippen molar-refractivity contribution in [1.29, 1.82) is 0 Å². The summed E-state index contributed by atoms with van der Waals surface area (Å²) in [6, 6.07) is 5.40. The Balaban J connectivity index is 2.10. The quantitative estimate of drug-likeness (QED) is 0.745. The highest BCUT2D eigenvalue weighted by atomic mass is 32.2. The van der Waals surface area contributed by atoms with Crippen LogP contribution < -0.4 is 15.8 Å². The highest BCUT2D eigenvalue weighted by Crippen LogP contribution is 2.20. The molecular weight excluding hydrogens is 335 g/mol. The maximum Gasteiger partial charge on any atom is 0.323 e. The Labute approximate surface area is 129 Å². The number of nitrogens with two attached hydrogens (primary N) is 1. The van der Waals surface area contributed by atoms with E-state index in [-0.39, 0.29) is 10.6 Å². The lowest BCUT2D eigenvalue weighted by Gasteiger charge is -2.09. The highest BCUT2D eigenvalue weighted by Gasteiger charge is 2.15. The molecule has 10 heteroatoms. The molecule has 2 rings (SSSR count). The van der Waals surface area contributed by atoms with E-state index in [9.17, 15) is 26.4 Å². The molecule has 0 aliphatic heterocycles. The van der Waals surface area contributed by atoms with Crippen LogP contribution in [0.1, 0.15) is 0 Å². The minimum absolute atomic E-state index is 0.157. The molecule has 6 nitrogen and oxygen atoms in total. The summed E-state index contributed by atoms with van der Waals surface area (Å²) in [6.45, 7) is 0. The average molecular weight is 345 g/mol. The van der Waals surface area contributed by atoms with Crippen molar-refractivity contribution >= 4 is 27.4 Å². The standard InChI is InChI=1S/C13H10F3N3O3S/c14-9-5-6-10(12(16)11(9)15)19-13(20)18-7-1-3-8(4-2-7)23(17,21)22/h1-6H,(H2,17,21,22)(H2,18,19,20). The molecule has 0 saturated carbocycles. The van der Waals surface area contributed by atoms with E-state index in [2.05, 4.69) is 5.32 Å². The Morgan fingerprint density at radius 2 is 1.52 bits per heavy atom. The fourth-order valence-corrected chi connectivity index (χ4v) is 2.15. The predicted molar refractivity (Wildman–Crippen MR) is 76.8 cm³/mol. The van der Waals surface area contributed by atoms with Gasteiger partial charge in [0.25, 0.3) is 0 Å². The van der Waals surface area contributed by atoms with E-state index in [0.717, 1.165) is 18.2 Å². The number of primary sulfonamides is 1. The molecule has 0 unspecified atom stereocenters. The number of halogens is 3. The molecule has 23 heavy (non-hydrogen) atoms. The third-order valence-electron chi connectivity index (χ3n) is 2.72. The lowest BCUT2D eigenvalue weighted by Crippen LogP contribution is -2.20. The van der Waals surface area contributed by atoms with Crippen LogP contribution in [0.5, 0.6) is 0 Å². The third-order valence-corrected chi connectivity index (χ3v) is 3.65. The van der Waals surface area contributed by atoms with Gasteiger partial charge in [0.15, 0.2) is 17.5 Å². The largest absolute Gasteiger partial charge is 0.323 e. The molecule has 0 saturated heterocycles.